The minimum absolute atomic E-state index is 0.309. The zero-order chi connectivity index (χ0) is 15.4. The highest BCUT2D eigenvalue weighted by Crippen LogP contribution is 2.26. The molecule has 1 aromatic carbocycles. The summed E-state index contributed by atoms with van der Waals surface area (Å²) in [5.41, 5.74) is 4.12. The van der Waals surface area contributed by atoms with E-state index in [1.54, 1.807) is 12.1 Å². The van der Waals surface area contributed by atoms with E-state index in [0.29, 0.717) is 21.9 Å². The van der Waals surface area contributed by atoms with E-state index in [1.807, 2.05) is 6.92 Å². The van der Waals surface area contributed by atoms with Gasteiger partial charge < -0.3 is 10.7 Å². The predicted molar refractivity (Wildman–Crippen MR) is 86.0 cm³/mol. The molecule has 7 heteroatoms. The number of hydrazine groups is 1. The van der Waals surface area contributed by atoms with Crippen LogP contribution in [-0.4, -0.2) is 9.97 Å². The standard InChI is InChI=1S/C14H17BrFN5/c1-3-4-12-19-13(8(2)14(20-12)21-17)18-9-5-6-11(16)10(15)7-9/h5-7H,3-4,17H2,1-2H3,(H2,18,19,20,21). The lowest BCUT2D eigenvalue weighted by molar-refractivity contribution is 0.621. The van der Waals surface area contributed by atoms with E-state index in [1.165, 1.54) is 6.07 Å². The van der Waals surface area contributed by atoms with Gasteiger partial charge in [-0.2, -0.15) is 0 Å². The number of aromatic nitrogens is 2. The minimum Gasteiger partial charge on any atom is -0.340 e. The molecule has 0 fully saturated rings. The first-order chi connectivity index (χ1) is 10.0. The molecule has 0 saturated carbocycles. The molecule has 0 saturated heterocycles. The van der Waals surface area contributed by atoms with Crippen LogP contribution in [-0.2, 0) is 6.42 Å². The summed E-state index contributed by atoms with van der Waals surface area (Å²) in [5, 5.41) is 3.17. The van der Waals surface area contributed by atoms with Crippen molar-refractivity contribution in [1.82, 2.24) is 9.97 Å². The fourth-order valence-electron chi connectivity index (χ4n) is 1.87. The van der Waals surface area contributed by atoms with Crippen LogP contribution in [0.15, 0.2) is 22.7 Å². The van der Waals surface area contributed by atoms with Gasteiger partial charge in [-0.25, -0.2) is 20.2 Å². The number of nitrogens with two attached hydrogens (primary N) is 1. The van der Waals surface area contributed by atoms with Crippen LogP contribution < -0.4 is 16.6 Å². The SMILES string of the molecule is CCCc1nc(NN)c(C)c(Nc2ccc(F)c(Br)c2)n1. The summed E-state index contributed by atoms with van der Waals surface area (Å²) in [6.45, 7) is 3.93. The smallest absolute Gasteiger partial charge is 0.148 e. The summed E-state index contributed by atoms with van der Waals surface area (Å²) in [6.07, 6.45) is 1.70. The van der Waals surface area contributed by atoms with Crippen molar-refractivity contribution in [3.63, 3.8) is 0 Å². The molecular weight excluding hydrogens is 337 g/mol. The van der Waals surface area contributed by atoms with Gasteiger partial charge in [0.05, 0.1) is 4.47 Å². The molecule has 2 aromatic rings. The van der Waals surface area contributed by atoms with Crippen LogP contribution in [0.3, 0.4) is 0 Å². The fraction of sp³-hybridized carbons (Fsp3) is 0.286. The van der Waals surface area contributed by atoms with Crippen molar-refractivity contribution < 1.29 is 4.39 Å². The van der Waals surface area contributed by atoms with Crippen LogP contribution >= 0.6 is 15.9 Å². The summed E-state index contributed by atoms with van der Waals surface area (Å²) in [7, 11) is 0. The Morgan fingerprint density at radius 3 is 2.62 bits per heavy atom. The average molecular weight is 354 g/mol. The van der Waals surface area contributed by atoms with Gasteiger partial charge in [-0.1, -0.05) is 6.92 Å². The second-order valence-electron chi connectivity index (χ2n) is 4.61. The molecule has 112 valence electrons. The van der Waals surface area contributed by atoms with Crippen molar-refractivity contribution in [2.45, 2.75) is 26.7 Å². The lowest BCUT2D eigenvalue weighted by Crippen LogP contribution is -2.14. The fourth-order valence-corrected chi connectivity index (χ4v) is 2.25. The van der Waals surface area contributed by atoms with Crippen LogP contribution in [0, 0.1) is 12.7 Å². The molecule has 0 amide bonds. The van der Waals surface area contributed by atoms with Crippen molar-refractivity contribution >= 4 is 33.3 Å². The zero-order valence-corrected chi connectivity index (χ0v) is 13.5. The lowest BCUT2D eigenvalue weighted by Gasteiger charge is -2.13. The Balaban J connectivity index is 2.37. The number of nitrogens with one attached hydrogen (secondary N) is 2. The molecule has 0 aliphatic heterocycles. The first-order valence-corrected chi connectivity index (χ1v) is 7.40. The Bertz CT molecular complexity index is 648. The molecule has 2 rings (SSSR count). The molecule has 0 radical (unpaired) electrons. The van der Waals surface area contributed by atoms with Gasteiger partial charge in [-0.3, -0.25) is 0 Å². The third kappa shape index (κ3) is 3.68. The highest BCUT2D eigenvalue weighted by molar-refractivity contribution is 9.10. The highest BCUT2D eigenvalue weighted by atomic mass is 79.9. The van der Waals surface area contributed by atoms with Gasteiger partial charge in [0, 0.05) is 17.7 Å². The Morgan fingerprint density at radius 2 is 2.00 bits per heavy atom. The normalized spacial score (nSPS) is 10.5. The molecule has 5 nitrogen and oxygen atoms in total. The quantitative estimate of drug-likeness (QED) is 0.564. The first-order valence-electron chi connectivity index (χ1n) is 6.61. The summed E-state index contributed by atoms with van der Waals surface area (Å²) >= 11 is 3.17. The number of anilines is 3. The Morgan fingerprint density at radius 1 is 1.29 bits per heavy atom. The number of nitrogen functional groups attached to an aromatic ring is 1. The topological polar surface area (TPSA) is 75.9 Å². The third-order valence-corrected chi connectivity index (χ3v) is 3.59. The molecular formula is C14H17BrFN5. The summed E-state index contributed by atoms with van der Waals surface area (Å²) < 4.78 is 13.7. The Hall–Kier alpha value is -1.73. The van der Waals surface area contributed by atoms with E-state index in [-0.39, 0.29) is 5.82 Å². The van der Waals surface area contributed by atoms with E-state index in [9.17, 15) is 4.39 Å². The molecule has 1 aromatic heterocycles. The number of aryl methyl sites for hydroxylation is 1. The predicted octanol–water partition coefficient (Wildman–Crippen LogP) is 3.67. The van der Waals surface area contributed by atoms with Gasteiger partial charge in [-0.05, 0) is 47.5 Å². The van der Waals surface area contributed by atoms with E-state index < -0.39 is 0 Å². The van der Waals surface area contributed by atoms with Crippen molar-refractivity contribution in [2.24, 2.45) is 5.84 Å². The van der Waals surface area contributed by atoms with E-state index in [4.69, 9.17) is 5.84 Å². The molecule has 0 bridgehead atoms. The van der Waals surface area contributed by atoms with Gasteiger partial charge in [0.2, 0.25) is 0 Å². The largest absolute Gasteiger partial charge is 0.340 e. The van der Waals surface area contributed by atoms with Gasteiger partial charge >= 0.3 is 0 Å². The first kappa shape index (κ1) is 15.7. The second kappa shape index (κ2) is 6.82. The number of hydrogen-bond acceptors (Lipinski definition) is 5. The number of rotatable bonds is 5. The van der Waals surface area contributed by atoms with E-state index in [0.717, 1.165) is 24.1 Å². The molecule has 0 unspecified atom stereocenters. The maximum absolute atomic E-state index is 13.3. The average Bonchev–Trinajstić information content (AvgIpc) is 2.46. The number of halogens is 2. The van der Waals surface area contributed by atoms with Crippen LogP contribution in [0.2, 0.25) is 0 Å². The Kier molecular flexibility index (Phi) is 5.08. The number of hydrogen-bond donors (Lipinski definition) is 3. The van der Waals surface area contributed by atoms with Crippen LogP contribution in [0.1, 0.15) is 24.7 Å². The molecule has 0 atom stereocenters. The number of nitrogens with zero attached hydrogens (tertiary/aromatic N) is 2. The monoisotopic (exact) mass is 353 g/mol. The van der Waals surface area contributed by atoms with Gasteiger partial charge in [0.25, 0.3) is 0 Å². The summed E-state index contributed by atoms with van der Waals surface area (Å²) in [5.74, 6) is 7.13. The summed E-state index contributed by atoms with van der Waals surface area (Å²) in [4.78, 5) is 8.85. The molecule has 0 aliphatic carbocycles. The zero-order valence-electron chi connectivity index (χ0n) is 11.9. The maximum atomic E-state index is 13.3. The third-order valence-electron chi connectivity index (χ3n) is 2.98. The molecule has 21 heavy (non-hydrogen) atoms. The summed E-state index contributed by atoms with van der Waals surface area (Å²) in [6, 6.07) is 4.70. The van der Waals surface area contributed by atoms with Crippen molar-refractivity contribution in [2.75, 3.05) is 10.7 Å². The molecule has 1 heterocycles. The second-order valence-corrected chi connectivity index (χ2v) is 5.46. The molecule has 4 N–H and O–H groups in total. The Labute approximate surface area is 131 Å². The van der Waals surface area contributed by atoms with Gasteiger partial charge in [-0.15, -0.1) is 0 Å². The lowest BCUT2D eigenvalue weighted by atomic mass is 10.2. The maximum Gasteiger partial charge on any atom is 0.148 e. The van der Waals surface area contributed by atoms with Gasteiger partial charge in [0.1, 0.15) is 23.3 Å². The molecule has 0 spiro atoms. The van der Waals surface area contributed by atoms with Crippen molar-refractivity contribution in [1.29, 1.82) is 0 Å². The van der Waals surface area contributed by atoms with Crippen molar-refractivity contribution in [3.8, 4) is 0 Å². The van der Waals surface area contributed by atoms with Crippen LogP contribution in [0.4, 0.5) is 21.7 Å². The van der Waals surface area contributed by atoms with E-state index >= 15 is 0 Å². The van der Waals surface area contributed by atoms with Crippen LogP contribution in [0.25, 0.3) is 0 Å². The van der Waals surface area contributed by atoms with Crippen molar-refractivity contribution in [3.05, 3.63) is 39.9 Å². The minimum atomic E-state index is -0.309. The van der Waals surface area contributed by atoms with Gasteiger partial charge in [0.15, 0.2) is 0 Å². The van der Waals surface area contributed by atoms with E-state index in [2.05, 4.69) is 43.6 Å². The molecule has 0 aliphatic rings. The highest BCUT2D eigenvalue weighted by Gasteiger charge is 2.11. The number of benzene rings is 1. The van der Waals surface area contributed by atoms with Crippen LogP contribution in [0.5, 0.6) is 0 Å².